The molecule has 1 aromatic rings. The van der Waals surface area contributed by atoms with E-state index >= 15 is 0 Å². The number of hydrogen-bond donors (Lipinski definition) is 1. The van der Waals surface area contributed by atoms with Crippen LogP contribution in [0.4, 0.5) is 0 Å². The van der Waals surface area contributed by atoms with E-state index in [-0.39, 0.29) is 12.1 Å². The zero-order valence-corrected chi connectivity index (χ0v) is 11.6. The summed E-state index contributed by atoms with van der Waals surface area (Å²) in [6, 6.07) is 6.08. The van der Waals surface area contributed by atoms with E-state index in [1.807, 2.05) is 25.1 Å². The molecule has 2 atom stereocenters. The van der Waals surface area contributed by atoms with Gasteiger partial charge in [0.05, 0.1) is 6.10 Å². The van der Waals surface area contributed by atoms with Gasteiger partial charge in [0.25, 0.3) is 0 Å². The molecule has 1 heterocycles. The minimum atomic E-state index is -0.0377. The quantitative estimate of drug-likeness (QED) is 0.801. The Bertz CT molecular complexity index is 423. The maximum atomic E-state index is 6.03. The molecule has 1 aliphatic heterocycles. The van der Waals surface area contributed by atoms with Crippen LogP contribution in [0.1, 0.15) is 36.9 Å². The van der Waals surface area contributed by atoms with Crippen LogP contribution in [0.15, 0.2) is 30.9 Å². The maximum absolute atomic E-state index is 6.03. The summed E-state index contributed by atoms with van der Waals surface area (Å²) in [4.78, 5) is 0. The molecule has 1 aromatic carbocycles. The van der Waals surface area contributed by atoms with Gasteiger partial charge in [0, 0.05) is 18.2 Å². The van der Waals surface area contributed by atoms with Crippen molar-refractivity contribution in [1.82, 2.24) is 0 Å². The normalized spacial score (nSPS) is 20.2. The Labute approximate surface area is 115 Å². The topological polar surface area (TPSA) is 44.5 Å². The molecule has 1 saturated heterocycles. The molecule has 0 aromatic heterocycles. The maximum Gasteiger partial charge on any atom is 0.127 e. The summed E-state index contributed by atoms with van der Waals surface area (Å²) in [7, 11) is 0. The van der Waals surface area contributed by atoms with Crippen LogP contribution in [0.3, 0.4) is 0 Å². The Hall–Kier alpha value is -1.32. The molecule has 1 aliphatic rings. The molecule has 104 valence electrons. The number of rotatable bonds is 6. The van der Waals surface area contributed by atoms with E-state index in [1.54, 1.807) is 0 Å². The molecule has 0 amide bonds. The Morgan fingerprint density at radius 3 is 3.05 bits per heavy atom. The fraction of sp³-hybridized carbons (Fsp3) is 0.500. The van der Waals surface area contributed by atoms with Crippen LogP contribution in [0.2, 0.25) is 0 Å². The molecule has 2 N–H and O–H groups in total. The molecule has 19 heavy (non-hydrogen) atoms. The smallest absolute Gasteiger partial charge is 0.127 e. The van der Waals surface area contributed by atoms with Crippen molar-refractivity contribution < 1.29 is 9.47 Å². The van der Waals surface area contributed by atoms with Crippen LogP contribution in [0.25, 0.3) is 0 Å². The van der Waals surface area contributed by atoms with Crippen LogP contribution in [-0.2, 0) is 11.2 Å². The van der Waals surface area contributed by atoms with Gasteiger partial charge in [-0.1, -0.05) is 24.3 Å². The standard InChI is InChI=1S/C16H23NO2/c1-3-6-13-7-4-9-15(12(2)17)16(13)19-11-14-8-5-10-18-14/h3-4,7,9,12,14H,1,5-6,8,10-11,17H2,2H3. The van der Waals surface area contributed by atoms with E-state index in [2.05, 4.69) is 12.6 Å². The highest BCUT2D eigenvalue weighted by atomic mass is 16.5. The molecule has 0 radical (unpaired) electrons. The number of para-hydroxylation sites is 1. The van der Waals surface area contributed by atoms with E-state index in [9.17, 15) is 0 Å². The highest BCUT2D eigenvalue weighted by molar-refractivity contribution is 5.44. The molecular formula is C16H23NO2. The first-order valence-corrected chi connectivity index (χ1v) is 6.95. The first-order chi connectivity index (χ1) is 9.22. The fourth-order valence-corrected chi connectivity index (χ4v) is 2.41. The van der Waals surface area contributed by atoms with E-state index < -0.39 is 0 Å². The van der Waals surface area contributed by atoms with Gasteiger partial charge in [-0.05, 0) is 31.7 Å². The number of allylic oxidation sites excluding steroid dienone is 1. The summed E-state index contributed by atoms with van der Waals surface area (Å²) < 4.78 is 11.6. The van der Waals surface area contributed by atoms with Gasteiger partial charge in [0.15, 0.2) is 0 Å². The second-order valence-electron chi connectivity index (χ2n) is 5.06. The molecule has 0 spiro atoms. The van der Waals surface area contributed by atoms with Crippen molar-refractivity contribution in [3.8, 4) is 5.75 Å². The zero-order chi connectivity index (χ0) is 13.7. The molecule has 2 rings (SSSR count). The summed E-state index contributed by atoms with van der Waals surface area (Å²) in [6.07, 6.45) is 5.11. The zero-order valence-electron chi connectivity index (χ0n) is 11.6. The minimum absolute atomic E-state index is 0.0377. The summed E-state index contributed by atoms with van der Waals surface area (Å²) in [5.74, 6) is 0.910. The van der Waals surface area contributed by atoms with Gasteiger partial charge < -0.3 is 15.2 Å². The average molecular weight is 261 g/mol. The lowest BCUT2D eigenvalue weighted by molar-refractivity contribution is 0.0672. The SMILES string of the molecule is C=CCc1cccc(C(C)N)c1OCC1CCCO1. The Balaban J connectivity index is 2.15. The second-order valence-corrected chi connectivity index (χ2v) is 5.06. The molecule has 3 heteroatoms. The van der Waals surface area contributed by atoms with Crippen LogP contribution in [0, 0.1) is 0 Å². The van der Waals surface area contributed by atoms with Crippen molar-refractivity contribution in [2.45, 2.75) is 38.3 Å². The van der Waals surface area contributed by atoms with Gasteiger partial charge in [0.2, 0.25) is 0 Å². The first kappa shape index (κ1) is 14.1. The number of hydrogen-bond acceptors (Lipinski definition) is 3. The van der Waals surface area contributed by atoms with Crippen molar-refractivity contribution in [2.75, 3.05) is 13.2 Å². The van der Waals surface area contributed by atoms with E-state index in [0.717, 1.165) is 42.7 Å². The van der Waals surface area contributed by atoms with Crippen molar-refractivity contribution in [3.05, 3.63) is 42.0 Å². The molecule has 3 nitrogen and oxygen atoms in total. The van der Waals surface area contributed by atoms with E-state index in [4.69, 9.17) is 15.2 Å². The summed E-state index contributed by atoms with van der Waals surface area (Å²) >= 11 is 0. The summed E-state index contributed by atoms with van der Waals surface area (Å²) in [5.41, 5.74) is 8.22. The number of ether oxygens (including phenoxy) is 2. The number of nitrogens with two attached hydrogens (primary N) is 1. The van der Waals surface area contributed by atoms with Crippen LogP contribution in [0.5, 0.6) is 5.75 Å². The van der Waals surface area contributed by atoms with Crippen molar-refractivity contribution >= 4 is 0 Å². The van der Waals surface area contributed by atoms with Crippen LogP contribution < -0.4 is 10.5 Å². The van der Waals surface area contributed by atoms with Crippen molar-refractivity contribution in [2.24, 2.45) is 5.73 Å². The molecular weight excluding hydrogens is 238 g/mol. The Kier molecular flexibility index (Phi) is 5.00. The third kappa shape index (κ3) is 3.58. The number of benzene rings is 1. The fourth-order valence-electron chi connectivity index (χ4n) is 2.41. The van der Waals surface area contributed by atoms with E-state index in [1.165, 1.54) is 0 Å². The lowest BCUT2D eigenvalue weighted by Crippen LogP contribution is -2.18. The Morgan fingerprint density at radius 2 is 2.42 bits per heavy atom. The average Bonchev–Trinajstić information content (AvgIpc) is 2.90. The summed E-state index contributed by atoms with van der Waals surface area (Å²) in [5, 5.41) is 0. The Morgan fingerprint density at radius 1 is 1.58 bits per heavy atom. The van der Waals surface area contributed by atoms with Crippen LogP contribution >= 0.6 is 0 Å². The third-order valence-corrected chi connectivity index (χ3v) is 3.42. The van der Waals surface area contributed by atoms with Gasteiger partial charge >= 0.3 is 0 Å². The monoisotopic (exact) mass is 261 g/mol. The summed E-state index contributed by atoms with van der Waals surface area (Å²) in [6.45, 7) is 7.23. The van der Waals surface area contributed by atoms with Crippen LogP contribution in [-0.4, -0.2) is 19.3 Å². The molecule has 2 unspecified atom stereocenters. The lowest BCUT2D eigenvalue weighted by Gasteiger charge is -2.19. The predicted octanol–water partition coefficient (Wildman–Crippen LogP) is 2.99. The molecule has 1 fully saturated rings. The first-order valence-electron chi connectivity index (χ1n) is 6.95. The molecule has 0 saturated carbocycles. The predicted molar refractivity (Wildman–Crippen MR) is 77.4 cm³/mol. The van der Waals surface area contributed by atoms with Crippen molar-refractivity contribution in [1.29, 1.82) is 0 Å². The van der Waals surface area contributed by atoms with Gasteiger partial charge in [-0.3, -0.25) is 0 Å². The lowest BCUT2D eigenvalue weighted by atomic mass is 10.0. The third-order valence-electron chi connectivity index (χ3n) is 3.42. The molecule has 0 aliphatic carbocycles. The largest absolute Gasteiger partial charge is 0.490 e. The van der Waals surface area contributed by atoms with Gasteiger partial charge in [0.1, 0.15) is 12.4 Å². The second kappa shape index (κ2) is 6.73. The van der Waals surface area contributed by atoms with Gasteiger partial charge in [-0.2, -0.15) is 0 Å². The van der Waals surface area contributed by atoms with E-state index in [0.29, 0.717) is 6.61 Å². The minimum Gasteiger partial charge on any atom is -0.490 e. The van der Waals surface area contributed by atoms with Crippen molar-refractivity contribution in [3.63, 3.8) is 0 Å². The molecule has 0 bridgehead atoms. The van der Waals surface area contributed by atoms with Gasteiger partial charge in [-0.25, -0.2) is 0 Å². The highest BCUT2D eigenvalue weighted by Gasteiger charge is 2.18. The highest BCUT2D eigenvalue weighted by Crippen LogP contribution is 2.29. The van der Waals surface area contributed by atoms with Gasteiger partial charge in [-0.15, -0.1) is 6.58 Å².